The van der Waals surface area contributed by atoms with Gasteiger partial charge in [0, 0.05) is 44.3 Å². The minimum atomic E-state index is 0.306. The summed E-state index contributed by atoms with van der Waals surface area (Å²) in [7, 11) is 3.39. The van der Waals surface area contributed by atoms with Gasteiger partial charge in [-0.2, -0.15) is 0 Å². The molecule has 1 N–H and O–H groups in total. The third-order valence-electron chi connectivity index (χ3n) is 5.97. The van der Waals surface area contributed by atoms with Crippen molar-refractivity contribution in [2.24, 2.45) is 10.9 Å². The summed E-state index contributed by atoms with van der Waals surface area (Å²) in [4.78, 5) is 7.29. The van der Waals surface area contributed by atoms with Crippen molar-refractivity contribution >= 4 is 5.96 Å². The summed E-state index contributed by atoms with van der Waals surface area (Å²) in [6.07, 6.45) is 6.18. The summed E-state index contributed by atoms with van der Waals surface area (Å²) >= 11 is 0. The molecule has 0 spiro atoms. The fourth-order valence-corrected chi connectivity index (χ4v) is 4.23. The number of rotatable bonds is 11. The van der Waals surface area contributed by atoms with Gasteiger partial charge in [-0.05, 0) is 51.2 Å². The number of benzene rings is 1. The first kappa shape index (κ1) is 23.7. The van der Waals surface area contributed by atoms with E-state index in [1.807, 2.05) is 12.1 Å². The Hall–Kier alpha value is -1.99. The van der Waals surface area contributed by atoms with Crippen LogP contribution in [-0.2, 0) is 16.0 Å². The van der Waals surface area contributed by atoms with Gasteiger partial charge in [0.05, 0.1) is 39.6 Å². The maximum Gasteiger partial charge on any atom is 0.194 e. The predicted octanol–water partition coefficient (Wildman–Crippen LogP) is 3.47. The number of nitrogens with zero attached hydrogens (tertiary/aromatic N) is 2. The van der Waals surface area contributed by atoms with E-state index in [1.165, 1.54) is 12.8 Å². The molecule has 1 unspecified atom stereocenters. The van der Waals surface area contributed by atoms with Crippen molar-refractivity contribution < 1.29 is 18.9 Å². The van der Waals surface area contributed by atoms with Crippen LogP contribution in [0.25, 0.3) is 0 Å². The number of hydrogen-bond acceptors (Lipinski definition) is 5. The molecule has 1 aromatic carbocycles. The van der Waals surface area contributed by atoms with E-state index in [0.29, 0.717) is 31.8 Å². The molecule has 31 heavy (non-hydrogen) atoms. The van der Waals surface area contributed by atoms with Gasteiger partial charge in [0.2, 0.25) is 0 Å². The second-order valence-corrected chi connectivity index (χ2v) is 8.34. The summed E-state index contributed by atoms with van der Waals surface area (Å²) in [5.41, 5.74) is 1.10. The topological polar surface area (TPSA) is 64.6 Å². The summed E-state index contributed by atoms with van der Waals surface area (Å²) in [5.74, 6) is 3.22. The molecule has 1 atom stereocenters. The zero-order valence-electron chi connectivity index (χ0n) is 19.4. The molecule has 3 rings (SSSR count). The number of methoxy groups -OCH3 is 2. The van der Waals surface area contributed by atoms with Crippen LogP contribution in [-0.4, -0.2) is 70.6 Å². The Morgan fingerprint density at radius 3 is 2.74 bits per heavy atom. The van der Waals surface area contributed by atoms with E-state index in [1.54, 1.807) is 14.2 Å². The van der Waals surface area contributed by atoms with Crippen molar-refractivity contribution in [3.05, 3.63) is 23.8 Å². The van der Waals surface area contributed by atoms with Gasteiger partial charge >= 0.3 is 0 Å². The van der Waals surface area contributed by atoms with Crippen LogP contribution in [0.4, 0.5) is 0 Å². The van der Waals surface area contributed by atoms with Gasteiger partial charge in [0.15, 0.2) is 5.96 Å². The highest BCUT2D eigenvalue weighted by molar-refractivity contribution is 5.80. The molecular weight excluding hydrogens is 394 g/mol. The van der Waals surface area contributed by atoms with Crippen LogP contribution in [0.3, 0.4) is 0 Å². The minimum Gasteiger partial charge on any atom is -0.497 e. The Morgan fingerprint density at radius 1 is 1.16 bits per heavy atom. The molecule has 1 aromatic rings. The number of guanidine groups is 1. The lowest BCUT2D eigenvalue weighted by Gasteiger charge is -2.22. The van der Waals surface area contributed by atoms with Crippen LogP contribution in [0.5, 0.6) is 11.5 Å². The summed E-state index contributed by atoms with van der Waals surface area (Å²) in [5, 5.41) is 3.46. The zero-order valence-corrected chi connectivity index (χ0v) is 19.4. The monoisotopic (exact) mass is 433 g/mol. The lowest BCUT2D eigenvalue weighted by Crippen LogP contribution is -2.40. The lowest BCUT2D eigenvalue weighted by atomic mass is 10.1. The molecular formula is C24H39N3O4. The Balaban J connectivity index is 1.63. The van der Waals surface area contributed by atoms with Crippen molar-refractivity contribution in [1.29, 1.82) is 0 Å². The maximum absolute atomic E-state index is 6.34. The Morgan fingerprint density at radius 2 is 2.00 bits per heavy atom. The molecule has 1 saturated carbocycles. The van der Waals surface area contributed by atoms with Crippen LogP contribution in [0.1, 0.15) is 44.6 Å². The molecule has 1 aliphatic heterocycles. The van der Waals surface area contributed by atoms with Gasteiger partial charge in [-0.3, -0.25) is 0 Å². The summed E-state index contributed by atoms with van der Waals surface area (Å²) in [6.45, 7) is 7.58. The van der Waals surface area contributed by atoms with E-state index in [-0.39, 0.29) is 0 Å². The van der Waals surface area contributed by atoms with E-state index >= 15 is 0 Å². The second-order valence-electron chi connectivity index (χ2n) is 8.34. The van der Waals surface area contributed by atoms with Gasteiger partial charge in [-0.1, -0.05) is 0 Å². The molecule has 2 aliphatic rings. The van der Waals surface area contributed by atoms with Crippen molar-refractivity contribution in [1.82, 2.24) is 10.2 Å². The summed E-state index contributed by atoms with van der Waals surface area (Å²) < 4.78 is 22.6. The molecule has 1 saturated heterocycles. The Kier molecular flexibility index (Phi) is 9.75. The number of likely N-dealkylation sites (tertiary alicyclic amines) is 1. The normalized spacial score (nSPS) is 19.8. The van der Waals surface area contributed by atoms with Crippen LogP contribution in [0.15, 0.2) is 23.2 Å². The first-order chi connectivity index (χ1) is 15.2. The molecule has 0 bridgehead atoms. The summed E-state index contributed by atoms with van der Waals surface area (Å²) in [6, 6.07) is 6.06. The van der Waals surface area contributed by atoms with Crippen LogP contribution in [0, 0.1) is 5.92 Å². The second kappa shape index (κ2) is 12.8. The predicted molar refractivity (Wildman–Crippen MR) is 123 cm³/mol. The molecule has 2 fully saturated rings. The highest BCUT2D eigenvalue weighted by Crippen LogP contribution is 2.30. The standard InChI is InChI=1S/C24H39N3O4/c1-4-25-24(27-12-11-19(17-27)18-30-14-13-28-2)26-16-20-9-10-22(29-3)15-23(20)31-21-7-5-6-8-21/h9-10,15,19,21H,4-8,11-14,16-18H2,1-3H3,(H,25,26). The lowest BCUT2D eigenvalue weighted by molar-refractivity contribution is 0.0536. The molecule has 0 radical (unpaired) electrons. The zero-order chi connectivity index (χ0) is 21.9. The molecule has 0 amide bonds. The largest absolute Gasteiger partial charge is 0.497 e. The van der Waals surface area contributed by atoms with E-state index in [0.717, 1.165) is 68.5 Å². The van der Waals surface area contributed by atoms with Gasteiger partial charge in [-0.15, -0.1) is 0 Å². The minimum absolute atomic E-state index is 0.306. The van der Waals surface area contributed by atoms with Gasteiger partial charge in [-0.25, -0.2) is 4.99 Å². The van der Waals surface area contributed by atoms with Crippen LogP contribution >= 0.6 is 0 Å². The highest BCUT2D eigenvalue weighted by atomic mass is 16.5. The highest BCUT2D eigenvalue weighted by Gasteiger charge is 2.25. The SMILES string of the molecule is CCNC(=NCc1ccc(OC)cc1OC1CCCC1)N1CCC(COCCOC)C1. The Labute approximate surface area is 187 Å². The first-order valence-electron chi connectivity index (χ1n) is 11.7. The Bertz CT molecular complexity index is 691. The van der Waals surface area contributed by atoms with Crippen LogP contribution < -0.4 is 14.8 Å². The average Bonchev–Trinajstić information content (AvgIpc) is 3.47. The van der Waals surface area contributed by atoms with E-state index in [9.17, 15) is 0 Å². The molecule has 7 nitrogen and oxygen atoms in total. The van der Waals surface area contributed by atoms with Crippen molar-refractivity contribution in [3.63, 3.8) is 0 Å². The van der Waals surface area contributed by atoms with Gasteiger partial charge in [0.25, 0.3) is 0 Å². The molecule has 174 valence electrons. The maximum atomic E-state index is 6.34. The third kappa shape index (κ3) is 7.28. The molecule has 1 aliphatic carbocycles. The number of aliphatic imine (C=N–C) groups is 1. The molecule has 0 aromatic heterocycles. The third-order valence-corrected chi connectivity index (χ3v) is 5.97. The molecule has 7 heteroatoms. The fourth-order valence-electron chi connectivity index (χ4n) is 4.23. The van der Waals surface area contributed by atoms with Crippen molar-refractivity contribution in [3.8, 4) is 11.5 Å². The average molecular weight is 434 g/mol. The van der Waals surface area contributed by atoms with Crippen molar-refractivity contribution in [2.45, 2.75) is 51.7 Å². The van der Waals surface area contributed by atoms with Gasteiger partial charge < -0.3 is 29.2 Å². The fraction of sp³-hybridized carbons (Fsp3) is 0.708. The quantitative estimate of drug-likeness (QED) is 0.328. The number of nitrogens with one attached hydrogen (secondary N) is 1. The first-order valence-corrected chi connectivity index (χ1v) is 11.7. The van der Waals surface area contributed by atoms with Crippen molar-refractivity contribution in [2.75, 3.05) is 53.7 Å². The number of hydrogen-bond donors (Lipinski definition) is 1. The van der Waals surface area contributed by atoms with E-state index in [2.05, 4.69) is 23.2 Å². The molecule has 1 heterocycles. The smallest absolute Gasteiger partial charge is 0.194 e. The van der Waals surface area contributed by atoms with E-state index < -0.39 is 0 Å². The van der Waals surface area contributed by atoms with Crippen LogP contribution in [0.2, 0.25) is 0 Å². The number of ether oxygens (including phenoxy) is 4. The van der Waals surface area contributed by atoms with E-state index in [4.69, 9.17) is 23.9 Å². The van der Waals surface area contributed by atoms with Gasteiger partial charge in [0.1, 0.15) is 11.5 Å².